The molecule has 9 aromatic carbocycles. The number of benzene rings is 9. The Kier molecular flexibility index (Phi) is 6.60. The van der Waals surface area contributed by atoms with Gasteiger partial charge in [0.15, 0.2) is 0 Å². The predicted octanol–water partition coefficient (Wildman–Crippen LogP) is 14.0. The smallest absolute Gasteiger partial charge is 0.000741 e. The van der Waals surface area contributed by atoms with E-state index in [1.165, 1.54) is 99.4 Å². The largest absolute Gasteiger partial charge is 0.0622 e. The SMILES string of the molecule is c1ccc(-c2cc(-c3ccccc3)cc(-c3ccc4c(-c5ccccc5)c5c(c(-c6ccccc6)c4c3)-c3cccc4cccc-5c34)c2)cc1. The molecule has 0 N–H and O–H groups in total. The second-order valence-electron chi connectivity index (χ2n) is 13.2. The van der Waals surface area contributed by atoms with Gasteiger partial charge in [-0.2, -0.15) is 0 Å². The molecule has 0 aliphatic heterocycles. The summed E-state index contributed by atoms with van der Waals surface area (Å²) in [6.07, 6.45) is 0. The zero-order chi connectivity index (χ0) is 33.0. The topological polar surface area (TPSA) is 0 Å². The van der Waals surface area contributed by atoms with Gasteiger partial charge in [0.25, 0.3) is 0 Å². The van der Waals surface area contributed by atoms with Gasteiger partial charge in [-0.1, -0.05) is 170 Å². The number of hydrogen-bond acceptors (Lipinski definition) is 0. The summed E-state index contributed by atoms with van der Waals surface area (Å²) in [5.41, 5.74) is 17.6. The maximum Gasteiger partial charge on any atom is -0.000741 e. The zero-order valence-corrected chi connectivity index (χ0v) is 27.5. The van der Waals surface area contributed by atoms with Crippen LogP contribution in [0.15, 0.2) is 194 Å². The molecule has 0 nitrogen and oxygen atoms in total. The van der Waals surface area contributed by atoms with Gasteiger partial charge in [0.2, 0.25) is 0 Å². The summed E-state index contributed by atoms with van der Waals surface area (Å²) in [7, 11) is 0. The molecular weight excluding hydrogens is 601 g/mol. The van der Waals surface area contributed by atoms with Crippen LogP contribution in [0.3, 0.4) is 0 Å². The highest BCUT2D eigenvalue weighted by Gasteiger charge is 2.30. The summed E-state index contributed by atoms with van der Waals surface area (Å²) in [6, 6.07) is 71.2. The summed E-state index contributed by atoms with van der Waals surface area (Å²) in [5, 5.41) is 5.16. The lowest BCUT2D eigenvalue weighted by atomic mass is 9.81. The van der Waals surface area contributed by atoms with E-state index in [1.54, 1.807) is 0 Å². The zero-order valence-electron chi connectivity index (χ0n) is 27.5. The lowest BCUT2D eigenvalue weighted by Crippen LogP contribution is -1.94. The van der Waals surface area contributed by atoms with E-state index < -0.39 is 0 Å². The van der Waals surface area contributed by atoms with Crippen molar-refractivity contribution in [2.75, 3.05) is 0 Å². The van der Waals surface area contributed by atoms with Crippen molar-refractivity contribution in [2.24, 2.45) is 0 Å². The van der Waals surface area contributed by atoms with Gasteiger partial charge in [-0.25, -0.2) is 0 Å². The molecule has 1 aliphatic rings. The Bertz CT molecular complexity index is 2640. The van der Waals surface area contributed by atoms with Gasteiger partial charge < -0.3 is 0 Å². The average molecular weight is 633 g/mol. The van der Waals surface area contributed by atoms with Gasteiger partial charge in [0, 0.05) is 0 Å². The van der Waals surface area contributed by atoms with E-state index in [0.717, 1.165) is 0 Å². The second-order valence-corrected chi connectivity index (χ2v) is 13.2. The number of fused-ring (bicyclic) bond motifs is 4. The molecule has 0 amide bonds. The minimum atomic E-state index is 1.21. The Balaban J connectivity index is 1.32. The van der Waals surface area contributed by atoms with Gasteiger partial charge in [-0.3, -0.25) is 0 Å². The molecule has 0 heterocycles. The Morgan fingerprint density at radius 2 is 0.640 bits per heavy atom. The molecule has 0 fully saturated rings. The van der Waals surface area contributed by atoms with Crippen molar-refractivity contribution in [1.29, 1.82) is 0 Å². The standard InChI is InChI=1S/C50H32/c1-5-15-33(16-6-1)39-29-40(34-17-7-2-8-18-34)31-41(30-39)38-27-28-42-45(32-38)48(37-21-11-4-12-22-37)50-44-26-14-24-35-23-13-25-43(46(35)44)49(50)47(42)36-19-9-3-10-20-36/h1-32H. The van der Waals surface area contributed by atoms with Crippen LogP contribution in [0, 0.1) is 0 Å². The average Bonchev–Trinajstić information content (AvgIpc) is 3.53. The first-order valence-corrected chi connectivity index (χ1v) is 17.4. The molecule has 0 spiro atoms. The molecule has 9 aromatic rings. The summed E-state index contributed by atoms with van der Waals surface area (Å²) in [5.74, 6) is 0. The predicted molar refractivity (Wildman–Crippen MR) is 213 cm³/mol. The highest BCUT2D eigenvalue weighted by atomic mass is 14.3. The van der Waals surface area contributed by atoms with E-state index in [4.69, 9.17) is 0 Å². The second kappa shape index (κ2) is 11.6. The third kappa shape index (κ3) is 4.54. The van der Waals surface area contributed by atoms with E-state index in [0.29, 0.717) is 0 Å². The monoisotopic (exact) mass is 632 g/mol. The van der Waals surface area contributed by atoms with Crippen LogP contribution in [-0.4, -0.2) is 0 Å². The van der Waals surface area contributed by atoms with E-state index in [9.17, 15) is 0 Å². The van der Waals surface area contributed by atoms with Crippen LogP contribution in [-0.2, 0) is 0 Å². The number of hydrogen-bond donors (Lipinski definition) is 0. The highest BCUT2D eigenvalue weighted by molar-refractivity contribution is 6.27. The first-order chi connectivity index (χ1) is 24.8. The summed E-state index contributed by atoms with van der Waals surface area (Å²) < 4.78 is 0. The maximum absolute atomic E-state index is 2.45. The molecule has 0 unspecified atom stereocenters. The molecule has 0 saturated carbocycles. The molecule has 50 heavy (non-hydrogen) atoms. The summed E-state index contributed by atoms with van der Waals surface area (Å²) in [4.78, 5) is 0. The Morgan fingerprint density at radius 3 is 1.12 bits per heavy atom. The van der Waals surface area contributed by atoms with Crippen molar-refractivity contribution in [1.82, 2.24) is 0 Å². The molecule has 0 bridgehead atoms. The molecule has 0 heteroatoms. The number of rotatable bonds is 5. The van der Waals surface area contributed by atoms with Crippen molar-refractivity contribution < 1.29 is 0 Å². The summed E-state index contributed by atoms with van der Waals surface area (Å²) >= 11 is 0. The van der Waals surface area contributed by atoms with E-state index >= 15 is 0 Å². The van der Waals surface area contributed by atoms with Crippen LogP contribution >= 0.6 is 0 Å². The lowest BCUT2D eigenvalue weighted by molar-refractivity contribution is 1.57. The van der Waals surface area contributed by atoms with Crippen molar-refractivity contribution in [3.05, 3.63) is 194 Å². The van der Waals surface area contributed by atoms with Crippen molar-refractivity contribution >= 4 is 21.5 Å². The van der Waals surface area contributed by atoms with Crippen molar-refractivity contribution in [3.63, 3.8) is 0 Å². The van der Waals surface area contributed by atoms with Crippen LogP contribution < -0.4 is 0 Å². The first kappa shape index (κ1) is 28.5. The third-order valence-electron chi connectivity index (χ3n) is 10.4. The van der Waals surface area contributed by atoms with E-state index in [1.807, 2.05) is 0 Å². The Hall–Kier alpha value is -6.50. The molecule has 10 rings (SSSR count). The molecule has 0 saturated heterocycles. The summed E-state index contributed by atoms with van der Waals surface area (Å²) in [6.45, 7) is 0. The minimum absolute atomic E-state index is 1.21. The molecule has 0 radical (unpaired) electrons. The van der Waals surface area contributed by atoms with Gasteiger partial charge in [-0.15, -0.1) is 0 Å². The van der Waals surface area contributed by atoms with E-state index in [2.05, 4.69) is 194 Å². The molecule has 1 aliphatic carbocycles. The highest BCUT2D eigenvalue weighted by Crippen LogP contribution is 2.57. The molecule has 0 aromatic heterocycles. The quantitative estimate of drug-likeness (QED) is 0.177. The molecule has 0 atom stereocenters. The van der Waals surface area contributed by atoms with Crippen LogP contribution in [0.1, 0.15) is 0 Å². The van der Waals surface area contributed by atoms with Crippen molar-refractivity contribution in [2.45, 2.75) is 0 Å². The van der Waals surface area contributed by atoms with Crippen molar-refractivity contribution in [3.8, 4) is 77.9 Å². The van der Waals surface area contributed by atoms with Gasteiger partial charge in [0.1, 0.15) is 0 Å². The van der Waals surface area contributed by atoms with Gasteiger partial charge in [0.05, 0.1) is 0 Å². The van der Waals surface area contributed by atoms with Crippen LogP contribution in [0.2, 0.25) is 0 Å². The van der Waals surface area contributed by atoms with Gasteiger partial charge >= 0.3 is 0 Å². The fourth-order valence-corrected chi connectivity index (χ4v) is 8.16. The Morgan fingerprint density at radius 1 is 0.220 bits per heavy atom. The molecular formula is C50H32. The molecule has 232 valence electrons. The normalized spacial score (nSPS) is 11.6. The van der Waals surface area contributed by atoms with Crippen LogP contribution in [0.5, 0.6) is 0 Å². The third-order valence-corrected chi connectivity index (χ3v) is 10.4. The van der Waals surface area contributed by atoms with E-state index in [-0.39, 0.29) is 0 Å². The fraction of sp³-hybridized carbons (Fsp3) is 0. The lowest BCUT2D eigenvalue weighted by Gasteiger charge is -2.21. The maximum atomic E-state index is 2.45. The minimum Gasteiger partial charge on any atom is -0.0622 e. The van der Waals surface area contributed by atoms with Gasteiger partial charge in [-0.05, 0) is 124 Å². The Labute approximate surface area is 292 Å². The van der Waals surface area contributed by atoms with Crippen LogP contribution in [0.4, 0.5) is 0 Å². The first-order valence-electron chi connectivity index (χ1n) is 17.4. The fourth-order valence-electron chi connectivity index (χ4n) is 8.16. The van der Waals surface area contributed by atoms with Crippen LogP contribution in [0.25, 0.3) is 99.4 Å².